The van der Waals surface area contributed by atoms with E-state index in [9.17, 15) is 9.50 Å². The minimum absolute atomic E-state index is 0.229. The van der Waals surface area contributed by atoms with E-state index < -0.39 is 5.82 Å². The van der Waals surface area contributed by atoms with Gasteiger partial charge >= 0.3 is 0 Å². The molecule has 0 heterocycles. The monoisotopic (exact) mass is 285 g/mol. The van der Waals surface area contributed by atoms with E-state index in [1.807, 2.05) is 0 Å². The van der Waals surface area contributed by atoms with Crippen LogP contribution in [0, 0.1) is 5.82 Å². The van der Waals surface area contributed by atoms with Crippen LogP contribution in [0.2, 0.25) is 10.0 Å². The number of phenols is 1. The molecule has 2 nitrogen and oxygen atoms in total. The Hall–Kier alpha value is -1.45. The molecule has 0 atom stereocenters. The molecule has 0 aliphatic carbocycles. The first kappa shape index (κ1) is 13.0. The predicted octanol–water partition coefficient (Wildman–Crippen LogP) is 4.45. The summed E-state index contributed by atoms with van der Waals surface area (Å²) in [6.07, 6.45) is 0. The van der Waals surface area contributed by atoms with E-state index in [1.54, 1.807) is 24.3 Å². The molecule has 2 aromatic rings. The van der Waals surface area contributed by atoms with E-state index in [-0.39, 0.29) is 12.3 Å². The zero-order chi connectivity index (χ0) is 13.1. The number of phenolic OH excluding ortho intramolecular Hbond substituents is 1. The van der Waals surface area contributed by atoms with E-state index in [0.29, 0.717) is 21.3 Å². The van der Waals surface area contributed by atoms with Gasteiger partial charge in [-0.15, -0.1) is 0 Å². The molecular weight excluding hydrogens is 276 g/mol. The molecular formula is C13H10Cl2FNO. The lowest BCUT2D eigenvalue weighted by Gasteiger charge is -2.11. The van der Waals surface area contributed by atoms with Crippen LogP contribution < -0.4 is 5.32 Å². The Balaban J connectivity index is 2.19. The molecule has 0 fully saturated rings. The molecule has 0 spiro atoms. The number of nitrogens with one attached hydrogen (secondary N) is 1. The van der Waals surface area contributed by atoms with Crippen molar-refractivity contribution in [1.29, 1.82) is 0 Å². The summed E-state index contributed by atoms with van der Waals surface area (Å²) in [6, 6.07) is 9.47. The highest BCUT2D eigenvalue weighted by molar-refractivity contribution is 6.39. The Bertz CT molecular complexity index is 555. The van der Waals surface area contributed by atoms with Crippen LogP contribution in [0.4, 0.5) is 10.1 Å². The molecule has 0 radical (unpaired) electrons. The summed E-state index contributed by atoms with van der Waals surface area (Å²) in [4.78, 5) is 0. The van der Waals surface area contributed by atoms with E-state index in [0.717, 1.165) is 0 Å². The molecule has 2 aromatic carbocycles. The van der Waals surface area contributed by atoms with Gasteiger partial charge in [-0.2, -0.15) is 0 Å². The third-order valence-electron chi connectivity index (χ3n) is 2.49. The molecule has 0 unspecified atom stereocenters. The zero-order valence-corrected chi connectivity index (χ0v) is 10.8. The number of anilines is 1. The summed E-state index contributed by atoms with van der Waals surface area (Å²) in [5, 5.41) is 13.4. The first-order chi connectivity index (χ1) is 8.59. The van der Waals surface area contributed by atoms with Gasteiger partial charge in [0, 0.05) is 12.1 Å². The van der Waals surface area contributed by atoms with Crippen molar-refractivity contribution in [2.75, 3.05) is 5.32 Å². The van der Waals surface area contributed by atoms with Crippen molar-refractivity contribution in [2.24, 2.45) is 0 Å². The van der Waals surface area contributed by atoms with Gasteiger partial charge in [0.05, 0.1) is 15.7 Å². The number of rotatable bonds is 3. The number of hydrogen-bond donors (Lipinski definition) is 2. The van der Waals surface area contributed by atoms with Crippen LogP contribution in [-0.4, -0.2) is 5.11 Å². The SMILES string of the molecule is Oc1c(F)cccc1CNc1c(Cl)cccc1Cl. The first-order valence-electron chi connectivity index (χ1n) is 5.24. The van der Waals surface area contributed by atoms with Crippen molar-refractivity contribution < 1.29 is 9.50 Å². The van der Waals surface area contributed by atoms with Crippen molar-refractivity contribution in [3.8, 4) is 5.75 Å². The van der Waals surface area contributed by atoms with Crippen LogP contribution in [0.5, 0.6) is 5.75 Å². The second kappa shape index (κ2) is 5.46. The number of hydrogen-bond acceptors (Lipinski definition) is 2. The summed E-state index contributed by atoms with van der Waals surface area (Å²) in [7, 11) is 0. The van der Waals surface area contributed by atoms with E-state index in [1.165, 1.54) is 12.1 Å². The van der Waals surface area contributed by atoms with E-state index >= 15 is 0 Å². The molecule has 94 valence electrons. The predicted molar refractivity (Wildman–Crippen MR) is 71.9 cm³/mol. The highest BCUT2D eigenvalue weighted by Crippen LogP contribution is 2.31. The molecule has 0 aliphatic rings. The third-order valence-corrected chi connectivity index (χ3v) is 3.12. The Morgan fingerprint density at radius 3 is 2.33 bits per heavy atom. The van der Waals surface area contributed by atoms with Gasteiger partial charge < -0.3 is 10.4 Å². The third kappa shape index (κ3) is 2.68. The molecule has 0 aromatic heterocycles. The fraction of sp³-hybridized carbons (Fsp3) is 0.0769. The van der Waals surface area contributed by atoms with Gasteiger partial charge in [-0.1, -0.05) is 41.4 Å². The number of aromatic hydroxyl groups is 1. The minimum atomic E-state index is -0.653. The Labute approximate surface area is 114 Å². The summed E-state index contributed by atoms with van der Waals surface area (Å²) in [6.45, 7) is 0.229. The Morgan fingerprint density at radius 2 is 1.67 bits per heavy atom. The van der Waals surface area contributed by atoms with Crippen molar-refractivity contribution in [2.45, 2.75) is 6.54 Å². The van der Waals surface area contributed by atoms with Crippen LogP contribution in [0.15, 0.2) is 36.4 Å². The van der Waals surface area contributed by atoms with Crippen molar-refractivity contribution in [1.82, 2.24) is 0 Å². The molecule has 0 amide bonds. The molecule has 5 heteroatoms. The largest absolute Gasteiger partial charge is 0.505 e. The fourth-order valence-corrected chi connectivity index (χ4v) is 2.08. The van der Waals surface area contributed by atoms with E-state index in [4.69, 9.17) is 23.2 Å². The van der Waals surface area contributed by atoms with Crippen LogP contribution in [0.1, 0.15) is 5.56 Å². The van der Waals surface area contributed by atoms with Gasteiger partial charge in [0.25, 0.3) is 0 Å². The summed E-state index contributed by atoms with van der Waals surface area (Å²) >= 11 is 12.0. The lowest BCUT2D eigenvalue weighted by Crippen LogP contribution is -2.01. The molecule has 0 bridgehead atoms. The Morgan fingerprint density at radius 1 is 1.06 bits per heavy atom. The molecule has 0 aliphatic heterocycles. The zero-order valence-electron chi connectivity index (χ0n) is 9.25. The quantitative estimate of drug-likeness (QED) is 0.873. The lowest BCUT2D eigenvalue weighted by molar-refractivity contribution is 0.427. The van der Waals surface area contributed by atoms with Gasteiger partial charge in [-0.3, -0.25) is 0 Å². The highest BCUT2D eigenvalue weighted by atomic mass is 35.5. The van der Waals surface area contributed by atoms with Crippen molar-refractivity contribution >= 4 is 28.9 Å². The number of para-hydroxylation sites is 2. The average molecular weight is 286 g/mol. The van der Waals surface area contributed by atoms with Crippen LogP contribution in [0.25, 0.3) is 0 Å². The van der Waals surface area contributed by atoms with Crippen LogP contribution in [-0.2, 0) is 6.54 Å². The smallest absolute Gasteiger partial charge is 0.165 e. The molecule has 2 rings (SSSR count). The lowest BCUT2D eigenvalue weighted by atomic mass is 10.2. The van der Waals surface area contributed by atoms with Crippen molar-refractivity contribution in [3.05, 3.63) is 57.8 Å². The highest BCUT2D eigenvalue weighted by Gasteiger charge is 2.08. The molecule has 0 saturated heterocycles. The van der Waals surface area contributed by atoms with E-state index in [2.05, 4.69) is 5.32 Å². The molecule has 18 heavy (non-hydrogen) atoms. The van der Waals surface area contributed by atoms with Crippen LogP contribution >= 0.6 is 23.2 Å². The second-order valence-electron chi connectivity index (χ2n) is 3.70. The molecule has 0 saturated carbocycles. The van der Waals surface area contributed by atoms with Crippen molar-refractivity contribution in [3.63, 3.8) is 0 Å². The maximum Gasteiger partial charge on any atom is 0.165 e. The summed E-state index contributed by atoms with van der Waals surface area (Å²) in [5.74, 6) is -1.02. The number of benzene rings is 2. The second-order valence-corrected chi connectivity index (χ2v) is 4.51. The van der Waals surface area contributed by atoms with Gasteiger partial charge in [0.15, 0.2) is 11.6 Å². The minimum Gasteiger partial charge on any atom is -0.505 e. The number of halogens is 3. The first-order valence-corrected chi connectivity index (χ1v) is 5.99. The molecule has 2 N–H and O–H groups in total. The van der Waals surface area contributed by atoms with Gasteiger partial charge in [-0.05, 0) is 18.2 Å². The standard InChI is InChI=1S/C13H10Cl2FNO/c14-9-4-2-5-10(15)12(9)17-7-8-3-1-6-11(16)13(8)18/h1-6,17-18H,7H2. The summed E-state index contributed by atoms with van der Waals surface area (Å²) in [5.41, 5.74) is 0.996. The van der Waals surface area contributed by atoms with Crippen LogP contribution in [0.3, 0.4) is 0 Å². The summed E-state index contributed by atoms with van der Waals surface area (Å²) < 4.78 is 13.1. The average Bonchev–Trinajstić information content (AvgIpc) is 2.33. The maximum atomic E-state index is 13.1. The van der Waals surface area contributed by atoms with Gasteiger partial charge in [-0.25, -0.2) is 4.39 Å². The normalized spacial score (nSPS) is 10.4. The maximum absolute atomic E-state index is 13.1. The van der Waals surface area contributed by atoms with Gasteiger partial charge in [0.2, 0.25) is 0 Å². The fourth-order valence-electron chi connectivity index (χ4n) is 1.55. The Kier molecular flexibility index (Phi) is 3.94. The van der Waals surface area contributed by atoms with Gasteiger partial charge in [0.1, 0.15) is 0 Å². The topological polar surface area (TPSA) is 32.3 Å².